The third-order valence-corrected chi connectivity index (χ3v) is 5.76. The number of carbonyl (C=O) groups excluding carboxylic acids is 1. The predicted octanol–water partition coefficient (Wildman–Crippen LogP) is 3.16. The molecule has 2 heterocycles. The summed E-state index contributed by atoms with van der Waals surface area (Å²) in [7, 11) is 0. The van der Waals surface area contributed by atoms with Gasteiger partial charge < -0.3 is 14.5 Å². The fourth-order valence-corrected chi connectivity index (χ4v) is 3.97. The Labute approximate surface area is 174 Å². The molecule has 6 nitrogen and oxygen atoms in total. The van der Waals surface area contributed by atoms with Gasteiger partial charge in [0, 0.05) is 44.1 Å². The number of ether oxygens (including phenoxy) is 1. The Kier molecular flexibility index (Phi) is 6.05. The highest BCUT2D eigenvalue weighted by atomic mass is 32.1. The number of aryl methyl sites for hydroxylation is 1. The molecule has 1 saturated heterocycles. The number of carbonyl (C=O) groups is 1. The van der Waals surface area contributed by atoms with Gasteiger partial charge >= 0.3 is 0 Å². The normalized spacial score (nSPS) is 14.1. The minimum Gasteiger partial charge on any atom is -0.484 e. The van der Waals surface area contributed by atoms with Crippen LogP contribution in [0.4, 0.5) is 5.13 Å². The Balaban J connectivity index is 1.26. The van der Waals surface area contributed by atoms with E-state index in [-0.39, 0.29) is 12.5 Å². The van der Waals surface area contributed by atoms with E-state index in [0.717, 1.165) is 36.2 Å². The van der Waals surface area contributed by atoms with E-state index < -0.39 is 0 Å². The number of anilines is 1. The van der Waals surface area contributed by atoms with Gasteiger partial charge in [0.2, 0.25) is 5.13 Å². The Morgan fingerprint density at radius 3 is 2.48 bits per heavy atom. The number of hydrogen-bond acceptors (Lipinski definition) is 6. The van der Waals surface area contributed by atoms with E-state index in [1.807, 2.05) is 35.2 Å². The fraction of sp³-hybridized carbons (Fsp3) is 0.318. The Morgan fingerprint density at radius 1 is 1.03 bits per heavy atom. The van der Waals surface area contributed by atoms with Crippen molar-refractivity contribution in [2.75, 3.05) is 37.7 Å². The summed E-state index contributed by atoms with van der Waals surface area (Å²) in [6, 6.07) is 17.9. The van der Waals surface area contributed by atoms with E-state index in [4.69, 9.17) is 9.72 Å². The van der Waals surface area contributed by atoms with Crippen LogP contribution in [0.15, 0.2) is 54.6 Å². The Hall–Kier alpha value is -2.93. The van der Waals surface area contributed by atoms with Gasteiger partial charge in [-0.3, -0.25) is 4.79 Å². The monoisotopic (exact) mass is 408 g/mol. The number of nitrogens with zero attached hydrogens (tertiary/aromatic N) is 4. The maximum atomic E-state index is 12.4. The molecule has 0 aliphatic carbocycles. The molecule has 1 aliphatic rings. The molecule has 1 amide bonds. The SMILES string of the molecule is Cc1ccc(Cc2nsc(N3CCN(C(=O)COc4ccccc4)CC3)n2)cc1. The molecule has 0 unspecified atom stereocenters. The molecule has 1 aliphatic heterocycles. The van der Waals surface area contributed by atoms with Crippen LogP contribution in [0.25, 0.3) is 0 Å². The highest BCUT2D eigenvalue weighted by Crippen LogP contribution is 2.21. The van der Waals surface area contributed by atoms with Crippen LogP contribution in [0.1, 0.15) is 17.0 Å². The van der Waals surface area contributed by atoms with Gasteiger partial charge in [0.1, 0.15) is 11.6 Å². The van der Waals surface area contributed by atoms with Crippen molar-refractivity contribution in [1.29, 1.82) is 0 Å². The lowest BCUT2D eigenvalue weighted by molar-refractivity contribution is -0.133. The average Bonchev–Trinajstić information content (AvgIpc) is 3.23. The maximum Gasteiger partial charge on any atom is 0.260 e. The van der Waals surface area contributed by atoms with Crippen LogP contribution in [-0.4, -0.2) is 53.0 Å². The zero-order chi connectivity index (χ0) is 20.1. The molecule has 7 heteroatoms. The lowest BCUT2D eigenvalue weighted by Crippen LogP contribution is -2.50. The zero-order valence-electron chi connectivity index (χ0n) is 16.5. The summed E-state index contributed by atoms with van der Waals surface area (Å²) in [5.41, 5.74) is 2.47. The van der Waals surface area contributed by atoms with Crippen LogP contribution in [0.5, 0.6) is 5.75 Å². The maximum absolute atomic E-state index is 12.4. The highest BCUT2D eigenvalue weighted by Gasteiger charge is 2.23. The van der Waals surface area contributed by atoms with Crippen LogP contribution >= 0.6 is 11.5 Å². The smallest absolute Gasteiger partial charge is 0.260 e. The van der Waals surface area contributed by atoms with E-state index in [9.17, 15) is 4.79 Å². The summed E-state index contributed by atoms with van der Waals surface area (Å²) in [6.45, 7) is 5.02. The number of para-hydroxylation sites is 1. The molecular formula is C22H24N4O2S. The van der Waals surface area contributed by atoms with Gasteiger partial charge in [-0.05, 0) is 24.6 Å². The molecule has 2 aromatic carbocycles. The summed E-state index contributed by atoms with van der Waals surface area (Å²) >= 11 is 1.43. The van der Waals surface area contributed by atoms with Gasteiger partial charge in [-0.15, -0.1) is 0 Å². The molecule has 29 heavy (non-hydrogen) atoms. The first-order valence-corrected chi connectivity index (χ1v) is 10.5. The van der Waals surface area contributed by atoms with Crippen LogP contribution in [0.3, 0.4) is 0 Å². The van der Waals surface area contributed by atoms with Crippen LogP contribution < -0.4 is 9.64 Å². The van der Waals surface area contributed by atoms with Crippen molar-refractivity contribution >= 4 is 22.6 Å². The first-order valence-electron chi connectivity index (χ1n) is 9.76. The van der Waals surface area contributed by atoms with Gasteiger partial charge in [-0.1, -0.05) is 48.0 Å². The minimum absolute atomic E-state index is 0.0193. The van der Waals surface area contributed by atoms with Gasteiger partial charge in [-0.25, -0.2) is 4.98 Å². The van der Waals surface area contributed by atoms with Crippen LogP contribution in [-0.2, 0) is 11.2 Å². The standard InChI is InChI=1S/C22H24N4O2S/c1-17-7-9-18(10-8-17)15-20-23-22(29-24-20)26-13-11-25(12-14-26)21(27)16-28-19-5-3-2-4-6-19/h2-10H,11-16H2,1H3. The summed E-state index contributed by atoms with van der Waals surface area (Å²) in [4.78, 5) is 21.2. The van der Waals surface area contributed by atoms with Gasteiger partial charge in [0.25, 0.3) is 5.91 Å². The summed E-state index contributed by atoms with van der Waals surface area (Å²) in [5, 5.41) is 0.930. The largest absolute Gasteiger partial charge is 0.484 e. The molecule has 0 saturated carbocycles. The highest BCUT2D eigenvalue weighted by molar-refractivity contribution is 7.09. The summed E-state index contributed by atoms with van der Waals surface area (Å²) in [6.07, 6.45) is 0.742. The van der Waals surface area contributed by atoms with E-state index in [1.54, 1.807) is 0 Å². The molecule has 0 atom stereocenters. The average molecular weight is 409 g/mol. The van der Waals surface area contributed by atoms with Crippen molar-refractivity contribution in [3.8, 4) is 5.75 Å². The van der Waals surface area contributed by atoms with E-state index in [0.29, 0.717) is 13.1 Å². The molecule has 150 valence electrons. The van der Waals surface area contributed by atoms with Gasteiger partial charge in [0.05, 0.1) is 0 Å². The molecule has 1 fully saturated rings. The third-order valence-electron chi connectivity index (χ3n) is 4.95. The van der Waals surface area contributed by atoms with E-state index in [1.165, 1.54) is 22.7 Å². The van der Waals surface area contributed by atoms with Crippen LogP contribution in [0, 0.1) is 6.92 Å². The van der Waals surface area contributed by atoms with Crippen molar-refractivity contribution in [2.45, 2.75) is 13.3 Å². The van der Waals surface area contributed by atoms with E-state index in [2.05, 4.69) is 40.5 Å². The predicted molar refractivity (Wildman–Crippen MR) is 115 cm³/mol. The second-order valence-electron chi connectivity index (χ2n) is 7.13. The van der Waals surface area contributed by atoms with Crippen LogP contribution in [0.2, 0.25) is 0 Å². The molecule has 1 aromatic heterocycles. The topological polar surface area (TPSA) is 58.6 Å². The summed E-state index contributed by atoms with van der Waals surface area (Å²) < 4.78 is 10.1. The second-order valence-corrected chi connectivity index (χ2v) is 7.86. The van der Waals surface area contributed by atoms with Gasteiger partial charge in [0.15, 0.2) is 6.61 Å². The first kappa shape index (κ1) is 19.4. The van der Waals surface area contributed by atoms with Crippen molar-refractivity contribution in [2.24, 2.45) is 0 Å². The van der Waals surface area contributed by atoms with Crippen molar-refractivity contribution in [1.82, 2.24) is 14.3 Å². The number of benzene rings is 2. The number of amides is 1. The van der Waals surface area contributed by atoms with Crippen molar-refractivity contribution in [3.63, 3.8) is 0 Å². The molecule has 0 N–H and O–H groups in total. The number of piperazine rings is 1. The Bertz CT molecular complexity index is 935. The van der Waals surface area contributed by atoms with E-state index >= 15 is 0 Å². The fourth-order valence-electron chi connectivity index (χ4n) is 3.23. The molecule has 0 bridgehead atoms. The minimum atomic E-state index is 0.0193. The lowest BCUT2D eigenvalue weighted by atomic mass is 10.1. The summed E-state index contributed by atoms with van der Waals surface area (Å²) in [5.74, 6) is 1.59. The second kappa shape index (κ2) is 9.05. The first-order chi connectivity index (χ1) is 14.2. The molecule has 4 rings (SSSR count). The van der Waals surface area contributed by atoms with Gasteiger partial charge in [-0.2, -0.15) is 4.37 Å². The Morgan fingerprint density at radius 2 is 1.76 bits per heavy atom. The quantitative estimate of drug-likeness (QED) is 0.627. The zero-order valence-corrected chi connectivity index (χ0v) is 17.3. The third kappa shape index (κ3) is 5.12. The number of aromatic nitrogens is 2. The lowest BCUT2D eigenvalue weighted by Gasteiger charge is -2.34. The van der Waals surface area contributed by atoms with Crippen molar-refractivity contribution < 1.29 is 9.53 Å². The molecule has 3 aromatic rings. The molecule has 0 radical (unpaired) electrons. The number of hydrogen-bond donors (Lipinski definition) is 0. The molecular weight excluding hydrogens is 384 g/mol. The number of rotatable bonds is 6. The van der Waals surface area contributed by atoms with Crippen molar-refractivity contribution in [3.05, 3.63) is 71.5 Å². The molecule has 0 spiro atoms.